The summed E-state index contributed by atoms with van der Waals surface area (Å²) in [5.41, 5.74) is 2.58. The Bertz CT molecular complexity index is 705. The number of hydrogen-bond acceptors (Lipinski definition) is 2. The number of hydrogen-bond donors (Lipinski definition) is 0. The van der Waals surface area contributed by atoms with Gasteiger partial charge in [0, 0.05) is 10.9 Å². The fourth-order valence-electron chi connectivity index (χ4n) is 2.17. The van der Waals surface area contributed by atoms with Gasteiger partial charge in [-0.15, -0.1) is 0 Å². The molecule has 0 atom stereocenters. The minimum Gasteiger partial charge on any atom is -0.453 e. The summed E-state index contributed by atoms with van der Waals surface area (Å²) >= 11 is 0. The molecule has 0 unspecified atom stereocenters. The average molecular weight is 250 g/mol. The normalized spacial score (nSPS) is 10.8. The lowest BCUT2D eigenvalue weighted by atomic mass is 10.0. The maximum Gasteiger partial charge on any atom is 0.228 e. The van der Waals surface area contributed by atoms with Gasteiger partial charge in [-0.3, -0.25) is 4.79 Å². The highest BCUT2D eigenvalue weighted by molar-refractivity contribution is 6.09. The van der Waals surface area contributed by atoms with Crippen LogP contribution in [0.4, 0.5) is 0 Å². The van der Waals surface area contributed by atoms with Gasteiger partial charge in [0.25, 0.3) is 0 Å². The zero-order valence-electron chi connectivity index (χ0n) is 10.7. The Balaban J connectivity index is 2.02. The van der Waals surface area contributed by atoms with Gasteiger partial charge in [-0.25, -0.2) is 0 Å². The van der Waals surface area contributed by atoms with E-state index in [-0.39, 0.29) is 5.78 Å². The number of carbonyl (C=O) groups is 1. The van der Waals surface area contributed by atoms with Crippen molar-refractivity contribution in [1.82, 2.24) is 0 Å². The van der Waals surface area contributed by atoms with Crippen LogP contribution in [0.5, 0.6) is 0 Å². The topological polar surface area (TPSA) is 30.2 Å². The lowest BCUT2D eigenvalue weighted by Crippen LogP contribution is -2.00. The number of benzene rings is 2. The van der Waals surface area contributed by atoms with Gasteiger partial charge in [0.15, 0.2) is 5.76 Å². The van der Waals surface area contributed by atoms with Gasteiger partial charge in [-0.1, -0.05) is 43.3 Å². The molecule has 0 fully saturated rings. The monoisotopic (exact) mass is 250 g/mol. The van der Waals surface area contributed by atoms with Gasteiger partial charge >= 0.3 is 0 Å². The van der Waals surface area contributed by atoms with Crippen LogP contribution in [-0.2, 0) is 6.42 Å². The van der Waals surface area contributed by atoms with Gasteiger partial charge in [0.1, 0.15) is 5.58 Å². The van der Waals surface area contributed by atoms with E-state index >= 15 is 0 Å². The first-order valence-electron chi connectivity index (χ1n) is 6.40. The highest BCUT2D eigenvalue weighted by atomic mass is 16.3. The van der Waals surface area contributed by atoms with Crippen molar-refractivity contribution in [3.8, 4) is 0 Å². The summed E-state index contributed by atoms with van der Waals surface area (Å²) in [6.07, 6.45) is 0.918. The SMILES string of the molecule is CCc1cccc(C(=O)c2cc3ccccc3o2)c1. The highest BCUT2D eigenvalue weighted by Gasteiger charge is 2.14. The molecule has 0 amide bonds. The zero-order valence-corrected chi connectivity index (χ0v) is 10.7. The third kappa shape index (κ3) is 2.17. The molecule has 94 valence electrons. The van der Waals surface area contributed by atoms with Crippen LogP contribution in [0.15, 0.2) is 59.0 Å². The molecule has 0 N–H and O–H groups in total. The molecule has 3 aromatic rings. The first-order chi connectivity index (χ1) is 9.28. The molecule has 0 radical (unpaired) electrons. The summed E-state index contributed by atoms with van der Waals surface area (Å²) in [4.78, 5) is 12.4. The van der Waals surface area contributed by atoms with Gasteiger partial charge in [0.05, 0.1) is 0 Å². The summed E-state index contributed by atoms with van der Waals surface area (Å²) in [6.45, 7) is 2.07. The van der Waals surface area contributed by atoms with Crippen LogP contribution in [-0.4, -0.2) is 5.78 Å². The summed E-state index contributed by atoms with van der Waals surface area (Å²) in [5, 5.41) is 0.956. The van der Waals surface area contributed by atoms with Gasteiger partial charge in [-0.2, -0.15) is 0 Å². The molecule has 0 aliphatic carbocycles. The number of carbonyl (C=O) groups excluding carboxylic acids is 1. The van der Waals surface area contributed by atoms with E-state index in [9.17, 15) is 4.79 Å². The molecule has 1 heterocycles. The molecular weight excluding hydrogens is 236 g/mol. The quantitative estimate of drug-likeness (QED) is 0.651. The molecule has 0 saturated carbocycles. The minimum atomic E-state index is -0.0634. The molecule has 0 bridgehead atoms. The van der Waals surface area contributed by atoms with Crippen molar-refractivity contribution < 1.29 is 9.21 Å². The van der Waals surface area contributed by atoms with E-state index < -0.39 is 0 Å². The van der Waals surface area contributed by atoms with Crippen molar-refractivity contribution in [2.45, 2.75) is 13.3 Å². The standard InChI is InChI=1S/C17H14O2/c1-2-12-6-5-8-14(10-12)17(18)16-11-13-7-3-4-9-15(13)19-16/h3-11H,2H2,1H3. The van der Waals surface area contributed by atoms with Crippen LogP contribution in [0.2, 0.25) is 0 Å². The number of aryl methyl sites for hydroxylation is 1. The van der Waals surface area contributed by atoms with Gasteiger partial charge in [0.2, 0.25) is 5.78 Å². The Kier molecular flexibility index (Phi) is 2.92. The zero-order chi connectivity index (χ0) is 13.2. The second-order valence-corrected chi connectivity index (χ2v) is 4.53. The van der Waals surface area contributed by atoms with Gasteiger partial charge in [-0.05, 0) is 30.2 Å². The maximum atomic E-state index is 12.4. The smallest absolute Gasteiger partial charge is 0.228 e. The Morgan fingerprint density at radius 1 is 1.05 bits per heavy atom. The lowest BCUT2D eigenvalue weighted by Gasteiger charge is -2.00. The predicted molar refractivity (Wildman–Crippen MR) is 75.5 cm³/mol. The highest BCUT2D eigenvalue weighted by Crippen LogP contribution is 2.21. The average Bonchev–Trinajstić information content (AvgIpc) is 2.90. The molecule has 0 aliphatic rings. The van der Waals surface area contributed by atoms with Crippen molar-refractivity contribution in [3.63, 3.8) is 0 Å². The molecule has 2 nitrogen and oxygen atoms in total. The second kappa shape index (κ2) is 4.73. The number of rotatable bonds is 3. The Morgan fingerprint density at radius 3 is 2.68 bits per heavy atom. The van der Waals surface area contributed by atoms with Crippen molar-refractivity contribution in [1.29, 1.82) is 0 Å². The van der Waals surface area contributed by atoms with E-state index in [0.29, 0.717) is 11.3 Å². The Morgan fingerprint density at radius 2 is 1.89 bits per heavy atom. The molecule has 0 saturated heterocycles. The maximum absolute atomic E-state index is 12.4. The van der Waals surface area contributed by atoms with E-state index in [0.717, 1.165) is 23.0 Å². The van der Waals surface area contributed by atoms with E-state index in [2.05, 4.69) is 6.92 Å². The van der Waals surface area contributed by atoms with Crippen LogP contribution in [0.3, 0.4) is 0 Å². The molecule has 0 aliphatic heterocycles. The third-order valence-corrected chi connectivity index (χ3v) is 3.25. The minimum absolute atomic E-state index is 0.0634. The van der Waals surface area contributed by atoms with Gasteiger partial charge < -0.3 is 4.42 Å². The summed E-state index contributed by atoms with van der Waals surface area (Å²) in [7, 11) is 0. The molecule has 3 rings (SSSR count). The van der Waals surface area contributed by atoms with Crippen LogP contribution in [0.1, 0.15) is 28.6 Å². The van der Waals surface area contributed by atoms with E-state index in [1.165, 1.54) is 0 Å². The first kappa shape index (κ1) is 11.7. The molecule has 19 heavy (non-hydrogen) atoms. The summed E-state index contributed by atoms with van der Waals surface area (Å²) < 4.78 is 5.61. The van der Waals surface area contributed by atoms with Crippen LogP contribution < -0.4 is 0 Å². The number of para-hydroxylation sites is 1. The van der Waals surface area contributed by atoms with Crippen LogP contribution >= 0.6 is 0 Å². The van der Waals surface area contributed by atoms with Crippen molar-refractivity contribution in [3.05, 3.63) is 71.5 Å². The predicted octanol–water partition coefficient (Wildman–Crippen LogP) is 4.23. The van der Waals surface area contributed by atoms with Crippen molar-refractivity contribution in [2.24, 2.45) is 0 Å². The molecule has 2 aromatic carbocycles. The lowest BCUT2D eigenvalue weighted by molar-refractivity contribution is 0.101. The fourth-order valence-corrected chi connectivity index (χ4v) is 2.17. The number of ketones is 1. The second-order valence-electron chi connectivity index (χ2n) is 4.53. The molecular formula is C17H14O2. The first-order valence-corrected chi connectivity index (χ1v) is 6.40. The summed E-state index contributed by atoms with van der Waals surface area (Å²) in [6, 6.07) is 17.1. The van der Waals surface area contributed by atoms with Crippen LogP contribution in [0.25, 0.3) is 11.0 Å². The molecule has 2 heteroatoms. The summed E-state index contributed by atoms with van der Waals surface area (Å²) in [5.74, 6) is 0.334. The third-order valence-electron chi connectivity index (χ3n) is 3.25. The largest absolute Gasteiger partial charge is 0.453 e. The van der Waals surface area contributed by atoms with Crippen molar-refractivity contribution >= 4 is 16.8 Å². The van der Waals surface area contributed by atoms with Crippen molar-refractivity contribution in [2.75, 3.05) is 0 Å². The molecule has 0 spiro atoms. The number of furan rings is 1. The van der Waals surface area contributed by atoms with E-state index in [4.69, 9.17) is 4.42 Å². The molecule has 1 aromatic heterocycles. The van der Waals surface area contributed by atoms with E-state index in [1.807, 2.05) is 48.5 Å². The fraction of sp³-hybridized carbons (Fsp3) is 0.118. The van der Waals surface area contributed by atoms with E-state index in [1.54, 1.807) is 6.07 Å². The number of fused-ring (bicyclic) bond motifs is 1. The Labute approximate surface area is 111 Å². The van der Waals surface area contributed by atoms with Crippen LogP contribution in [0, 0.1) is 0 Å². The Hall–Kier alpha value is -2.35.